The minimum Gasteiger partial charge on any atom is -0.378 e. The molecule has 0 fully saturated rings. The van der Waals surface area contributed by atoms with E-state index in [1.54, 1.807) is 0 Å². The number of ether oxygens (including phenoxy) is 1. The van der Waals surface area contributed by atoms with E-state index in [2.05, 4.69) is 12.0 Å². The molecule has 5 nitrogen and oxygen atoms in total. The van der Waals surface area contributed by atoms with Crippen LogP contribution in [0.5, 0.6) is 0 Å². The summed E-state index contributed by atoms with van der Waals surface area (Å²) in [6.07, 6.45) is 7.37. The maximum Gasteiger partial charge on any atom is 0.109 e. The highest BCUT2D eigenvalue weighted by molar-refractivity contribution is 4.42. The van der Waals surface area contributed by atoms with Crippen LogP contribution < -0.4 is 5.73 Å². The van der Waals surface area contributed by atoms with E-state index in [0.717, 1.165) is 6.42 Å². The fraction of sp³-hybridized carbons (Fsp3) is 1.00. The van der Waals surface area contributed by atoms with E-state index in [4.69, 9.17) is 20.2 Å². The Bertz CT molecular complexity index is 122. The molecule has 0 aliphatic rings. The summed E-state index contributed by atoms with van der Waals surface area (Å²) in [5.41, 5.74) is 5.25. The zero-order chi connectivity index (χ0) is 12.6. The first-order valence-corrected chi connectivity index (χ1v) is 6.60. The zero-order valence-corrected chi connectivity index (χ0v) is 11.0. The van der Waals surface area contributed by atoms with Crippen molar-refractivity contribution in [3.63, 3.8) is 0 Å². The molecular weight excluding hydrogens is 222 g/mol. The van der Waals surface area contributed by atoms with Crippen LogP contribution in [-0.2, 0) is 19.6 Å². The van der Waals surface area contributed by atoms with Gasteiger partial charge >= 0.3 is 0 Å². The lowest BCUT2D eigenvalue weighted by atomic mass is 10.1. The average Bonchev–Trinajstić information content (AvgIpc) is 2.35. The molecule has 0 saturated heterocycles. The first kappa shape index (κ1) is 16.8. The number of hydrogen-bond donors (Lipinski definition) is 1. The van der Waals surface area contributed by atoms with Crippen molar-refractivity contribution in [3.05, 3.63) is 0 Å². The first-order valence-electron chi connectivity index (χ1n) is 6.60. The average molecular weight is 249 g/mol. The van der Waals surface area contributed by atoms with Gasteiger partial charge in [-0.05, 0) is 6.42 Å². The molecule has 0 radical (unpaired) electrons. The lowest BCUT2D eigenvalue weighted by Crippen LogP contribution is -2.12. The highest BCUT2D eigenvalue weighted by Gasteiger charge is 1.93. The molecule has 0 aliphatic carbocycles. The predicted molar refractivity (Wildman–Crippen MR) is 66.2 cm³/mol. The molecule has 0 rings (SSSR count). The third-order valence-electron chi connectivity index (χ3n) is 2.25. The van der Waals surface area contributed by atoms with E-state index in [-0.39, 0.29) is 0 Å². The van der Waals surface area contributed by atoms with Crippen molar-refractivity contribution in [2.24, 2.45) is 5.73 Å². The Morgan fingerprint density at radius 3 is 2.24 bits per heavy atom. The molecule has 2 N–H and O–H groups in total. The molecule has 0 aromatic heterocycles. The fourth-order valence-electron chi connectivity index (χ4n) is 1.32. The topological polar surface area (TPSA) is 62.9 Å². The van der Waals surface area contributed by atoms with Crippen LogP contribution in [-0.4, -0.2) is 33.0 Å². The summed E-state index contributed by atoms with van der Waals surface area (Å²) in [6, 6.07) is 0. The van der Waals surface area contributed by atoms with E-state index in [0.29, 0.717) is 33.0 Å². The smallest absolute Gasteiger partial charge is 0.109 e. The van der Waals surface area contributed by atoms with E-state index in [1.165, 1.54) is 32.1 Å². The highest BCUT2D eigenvalue weighted by atomic mass is 17.5. The first-order chi connectivity index (χ1) is 8.41. The van der Waals surface area contributed by atoms with Crippen LogP contribution in [0.1, 0.15) is 45.4 Å². The number of unbranched alkanes of at least 4 members (excludes halogenated alkanes) is 5. The van der Waals surface area contributed by atoms with Crippen molar-refractivity contribution in [1.29, 1.82) is 0 Å². The van der Waals surface area contributed by atoms with Crippen LogP contribution in [0.3, 0.4) is 0 Å². The second-order valence-corrected chi connectivity index (χ2v) is 3.88. The number of nitrogens with two attached hydrogens (primary N) is 1. The minimum atomic E-state index is 0.358. The molecule has 0 unspecified atom stereocenters. The van der Waals surface area contributed by atoms with Crippen LogP contribution in [0.4, 0.5) is 0 Å². The van der Waals surface area contributed by atoms with Crippen molar-refractivity contribution in [3.8, 4) is 0 Å². The molecule has 0 atom stereocenters. The Balaban J connectivity index is 2.85. The third-order valence-corrected chi connectivity index (χ3v) is 2.25. The van der Waals surface area contributed by atoms with Crippen LogP contribution in [0.15, 0.2) is 0 Å². The van der Waals surface area contributed by atoms with E-state index < -0.39 is 0 Å². The molecule has 5 heteroatoms. The Morgan fingerprint density at radius 1 is 0.765 bits per heavy atom. The Morgan fingerprint density at radius 2 is 1.47 bits per heavy atom. The maximum atomic E-state index is 5.25. The van der Waals surface area contributed by atoms with Crippen molar-refractivity contribution < 1.29 is 19.6 Å². The lowest BCUT2D eigenvalue weighted by Gasteiger charge is -2.04. The Labute approximate surface area is 104 Å². The molecule has 0 aliphatic heterocycles. The summed E-state index contributed by atoms with van der Waals surface area (Å²) in [6.45, 7) is 4.69. The Hall–Kier alpha value is -0.200. The monoisotopic (exact) mass is 249 g/mol. The van der Waals surface area contributed by atoms with Gasteiger partial charge in [-0.3, -0.25) is 0 Å². The SMILES string of the molecule is CCCCCCCCOOOCCOCCN. The fourth-order valence-corrected chi connectivity index (χ4v) is 1.32. The van der Waals surface area contributed by atoms with Crippen LogP contribution in [0.25, 0.3) is 0 Å². The van der Waals surface area contributed by atoms with E-state index in [9.17, 15) is 0 Å². The van der Waals surface area contributed by atoms with Gasteiger partial charge in [0.25, 0.3) is 0 Å². The number of hydrogen-bond acceptors (Lipinski definition) is 5. The van der Waals surface area contributed by atoms with Gasteiger partial charge in [0.05, 0.1) is 19.8 Å². The van der Waals surface area contributed by atoms with E-state index >= 15 is 0 Å². The quantitative estimate of drug-likeness (QED) is 0.290. The zero-order valence-electron chi connectivity index (χ0n) is 11.0. The van der Waals surface area contributed by atoms with Gasteiger partial charge in [-0.15, -0.1) is 0 Å². The Kier molecular flexibility index (Phi) is 15.6. The van der Waals surface area contributed by atoms with Crippen molar-refractivity contribution in [2.75, 3.05) is 33.0 Å². The molecule has 104 valence electrons. The minimum absolute atomic E-state index is 0.358. The molecule has 17 heavy (non-hydrogen) atoms. The van der Waals surface area contributed by atoms with Gasteiger partial charge < -0.3 is 10.5 Å². The van der Waals surface area contributed by atoms with Crippen molar-refractivity contribution in [2.45, 2.75) is 45.4 Å². The van der Waals surface area contributed by atoms with Gasteiger partial charge in [-0.25, -0.2) is 9.78 Å². The summed E-state index contributed by atoms with van der Waals surface area (Å²) in [7, 11) is 0. The van der Waals surface area contributed by atoms with Crippen molar-refractivity contribution in [1.82, 2.24) is 0 Å². The predicted octanol–water partition coefficient (Wildman–Crippen LogP) is 2.20. The van der Waals surface area contributed by atoms with Crippen LogP contribution in [0.2, 0.25) is 0 Å². The molecule has 0 spiro atoms. The summed E-state index contributed by atoms with van der Waals surface area (Å²) in [5.74, 6) is 0. The third kappa shape index (κ3) is 15.8. The summed E-state index contributed by atoms with van der Waals surface area (Å²) in [5, 5.41) is 4.53. The second kappa shape index (κ2) is 15.8. The van der Waals surface area contributed by atoms with Crippen LogP contribution in [0, 0.1) is 0 Å². The van der Waals surface area contributed by atoms with Gasteiger partial charge in [-0.1, -0.05) is 44.1 Å². The highest BCUT2D eigenvalue weighted by Crippen LogP contribution is 2.04. The van der Waals surface area contributed by atoms with Gasteiger partial charge in [0.2, 0.25) is 0 Å². The molecule has 0 aromatic rings. The van der Waals surface area contributed by atoms with Gasteiger partial charge in [0, 0.05) is 6.54 Å². The molecule has 0 bridgehead atoms. The van der Waals surface area contributed by atoms with Crippen molar-refractivity contribution >= 4 is 0 Å². The van der Waals surface area contributed by atoms with Gasteiger partial charge in [0.1, 0.15) is 6.61 Å². The summed E-state index contributed by atoms with van der Waals surface area (Å²) in [4.78, 5) is 9.58. The molecule has 0 saturated carbocycles. The summed E-state index contributed by atoms with van der Waals surface area (Å²) >= 11 is 0. The standard InChI is InChI=1S/C12H27NO4/c1-2-3-4-5-6-7-9-15-17-16-12-11-14-10-8-13/h2-13H2,1H3. The molecule has 0 heterocycles. The summed E-state index contributed by atoms with van der Waals surface area (Å²) < 4.78 is 5.08. The van der Waals surface area contributed by atoms with E-state index in [1.807, 2.05) is 0 Å². The number of rotatable bonds is 14. The van der Waals surface area contributed by atoms with Crippen LogP contribution >= 0.6 is 0 Å². The van der Waals surface area contributed by atoms with Gasteiger partial charge in [0.15, 0.2) is 0 Å². The molecule has 0 aromatic carbocycles. The van der Waals surface area contributed by atoms with Gasteiger partial charge in [-0.2, -0.15) is 0 Å². The maximum absolute atomic E-state index is 5.25. The second-order valence-electron chi connectivity index (χ2n) is 3.88. The normalized spacial score (nSPS) is 10.9. The lowest BCUT2D eigenvalue weighted by molar-refractivity contribution is -0.513. The molecular formula is C12H27NO4. The molecule has 0 amide bonds. The largest absolute Gasteiger partial charge is 0.378 e.